The number of benzene rings is 2. The zero-order valence-corrected chi connectivity index (χ0v) is 21.0. The summed E-state index contributed by atoms with van der Waals surface area (Å²) in [4.78, 5) is 17.4. The highest BCUT2D eigenvalue weighted by atomic mass is 35.5. The summed E-state index contributed by atoms with van der Waals surface area (Å²) < 4.78 is 79.9. The molecule has 16 heteroatoms. The summed E-state index contributed by atoms with van der Waals surface area (Å²) >= 11 is 5.95. The number of para-hydroxylation sites is 1. The maximum atomic E-state index is 13.0. The third-order valence-electron chi connectivity index (χ3n) is 5.43. The van der Waals surface area contributed by atoms with Gasteiger partial charge in [-0.25, -0.2) is 9.97 Å². The summed E-state index contributed by atoms with van der Waals surface area (Å²) in [7, 11) is -3.63. The Hall–Kier alpha value is -3.95. The number of nitro benzene ring substituents is 1. The van der Waals surface area contributed by atoms with Crippen molar-refractivity contribution in [3.05, 3.63) is 63.4 Å². The van der Waals surface area contributed by atoms with Crippen molar-refractivity contribution >= 4 is 49.9 Å². The molecule has 0 aliphatic rings. The number of hydrogen-bond acceptors (Lipinski definition) is 8. The lowest BCUT2D eigenvalue weighted by Crippen LogP contribution is -2.21. The van der Waals surface area contributed by atoms with Gasteiger partial charge >= 0.3 is 22.0 Å². The second-order valence-corrected chi connectivity index (χ2v) is 9.75. The smallest absolute Gasteiger partial charge is 0.422 e. The minimum absolute atomic E-state index is 0.339. The standard InChI is InChI=1S/C22H17ClF3N5O6S/c1-11-16(23)18(31(32)33)20(38(34,35)36)17(19(11)37-10-22(24,25)26)29-21-27-8-7-14(28-21)13-9-30(2)15-6-4-3-5-12(13)15/h3-9H,10H2,1-2H3,(H,27,28,29)(H,34,35,36). The molecule has 0 unspecified atom stereocenters. The van der Waals surface area contributed by atoms with E-state index in [1.165, 1.54) is 12.3 Å². The molecule has 0 aliphatic heterocycles. The molecule has 4 rings (SSSR count). The van der Waals surface area contributed by atoms with Crippen LogP contribution in [0.5, 0.6) is 5.75 Å². The fraction of sp³-hybridized carbons (Fsp3) is 0.182. The van der Waals surface area contributed by atoms with E-state index in [1.807, 2.05) is 35.9 Å². The molecule has 2 aromatic carbocycles. The number of hydrogen-bond donors (Lipinski definition) is 2. The number of fused-ring (bicyclic) bond motifs is 1. The first-order valence-electron chi connectivity index (χ1n) is 10.5. The van der Waals surface area contributed by atoms with Gasteiger partial charge in [0.25, 0.3) is 0 Å². The Balaban J connectivity index is 1.93. The van der Waals surface area contributed by atoms with Crippen LogP contribution in [0.1, 0.15) is 5.56 Å². The van der Waals surface area contributed by atoms with Gasteiger partial charge < -0.3 is 14.6 Å². The molecule has 0 amide bonds. The molecule has 0 fully saturated rings. The molecule has 0 atom stereocenters. The molecule has 0 aliphatic carbocycles. The average molecular weight is 572 g/mol. The van der Waals surface area contributed by atoms with Crippen LogP contribution in [0.4, 0.5) is 30.5 Å². The van der Waals surface area contributed by atoms with Gasteiger partial charge in [0.15, 0.2) is 6.61 Å². The van der Waals surface area contributed by atoms with Crippen LogP contribution in [0.25, 0.3) is 22.2 Å². The molecule has 0 bridgehead atoms. The molecule has 200 valence electrons. The fourth-order valence-corrected chi connectivity index (χ4v) is 5.00. The van der Waals surface area contributed by atoms with Crippen molar-refractivity contribution in [3.8, 4) is 17.0 Å². The Morgan fingerprint density at radius 2 is 1.95 bits per heavy atom. The summed E-state index contributed by atoms with van der Waals surface area (Å²) in [5, 5.41) is 14.1. The third-order valence-corrected chi connectivity index (χ3v) is 6.81. The number of aryl methyl sites for hydroxylation is 1. The first-order chi connectivity index (χ1) is 17.7. The van der Waals surface area contributed by atoms with E-state index in [4.69, 9.17) is 16.3 Å². The maximum absolute atomic E-state index is 13.0. The van der Waals surface area contributed by atoms with Crippen LogP contribution in [-0.2, 0) is 17.2 Å². The third kappa shape index (κ3) is 5.20. The molecule has 11 nitrogen and oxygen atoms in total. The van der Waals surface area contributed by atoms with Gasteiger partial charge in [0, 0.05) is 41.5 Å². The summed E-state index contributed by atoms with van der Waals surface area (Å²) in [5.41, 5.74) is -0.682. The molecular formula is C22H17ClF3N5O6S. The topological polar surface area (TPSA) is 149 Å². The van der Waals surface area contributed by atoms with Crippen LogP contribution in [0.15, 0.2) is 47.6 Å². The van der Waals surface area contributed by atoms with Gasteiger partial charge in [-0.15, -0.1) is 0 Å². The second-order valence-electron chi connectivity index (χ2n) is 8.02. The number of nitrogens with zero attached hydrogens (tertiary/aromatic N) is 4. The maximum Gasteiger partial charge on any atom is 0.422 e. The van der Waals surface area contributed by atoms with Crippen LogP contribution in [0.3, 0.4) is 0 Å². The van der Waals surface area contributed by atoms with Gasteiger partial charge in [-0.3, -0.25) is 14.7 Å². The molecule has 4 aromatic rings. The largest absolute Gasteiger partial charge is 0.482 e. The number of halogens is 4. The Morgan fingerprint density at radius 3 is 2.58 bits per heavy atom. The van der Waals surface area contributed by atoms with E-state index in [2.05, 4.69) is 15.3 Å². The first-order valence-corrected chi connectivity index (χ1v) is 12.3. The van der Waals surface area contributed by atoms with Crippen molar-refractivity contribution in [1.29, 1.82) is 0 Å². The number of nitro groups is 1. The molecule has 0 saturated heterocycles. The van der Waals surface area contributed by atoms with E-state index in [1.54, 1.807) is 6.20 Å². The van der Waals surface area contributed by atoms with Gasteiger partial charge in [-0.05, 0) is 19.1 Å². The van der Waals surface area contributed by atoms with Gasteiger partial charge in [0.2, 0.25) is 10.8 Å². The average Bonchev–Trinajstić information content (AvgIpc) is 3.16. The van der Waals surface area contributed by atoms with E-state index in [0.717, 1.165) is 17.8 Å². The van der Waals surface area contributed by atoms with Crippen LogP contribution in [0.2, 0.25) is 5.02 Å². The minimum atomic E-state index is -5.44. The normalized spacial score (nSPS) is 12.1. The Kier molecular flexibility index (Phi) is 6.94. The molecule has 2 aromatic heterocycles. The number of alkyl halides is 3. The number of nitrogens with one attached hydrogen (secondary N) is 1. The van der Waals surface area contributed by atoms with Crippen molar-refractivity contribution in [3.63, 3.8) is 0 Å². The van der Waals surface area contributed by atoms with Gasteiger partial charge in [-0.2, -0.15) is 21.6 Å². The molecule has 38 heavy (non-hydrogen) atoms. The van der Waals surface area contributed by atoms with Crippen LogP contribution >= 0.6 is 11.6 Å². The highest BCUT2D eigenvalue weighted by Gasteiger charge is 2.38. The van der Waals surface area contributed by atoms with Crippen molar-refractivity contribution in [2.24, 2.45) is 7.05 Å². The Labute approximate surface area is 217 Å². The number of aromatic nitrogens is 3. The fourth-order valence-electron chi connectivity index (χ4n) is 3.87. The quantitative estimate of drug-likeness (QED) is 0.168. The number of ether oxygens (including phenoxy) is 1. The van der Waals surface area contributed by atoms with Crippen LogP contribution in [0, 0.1) is 17.0 Å². The van der Waals surface area contributed by atoms with Crippen LogP contribution in [-0.4, -0.2) is 45.2 Å². The van der Waals surface area contributed by atoms with Crippen molar-refractivity contribution in [1.82, 2.24) is 14.5 Å². The van der Waals surface area contributed by atoms with Gasteiger partial charge in [0.05, 0.1) is 10.6 Å². The SMILES string of the molecule is Cc1c(Cl)c([N+](=O)[O-])c(S(=O)(=O)O)c(Nc2nccc(-c3cn(C)c4ccccc34)n2)c1OCC(F)(F)F. The summed E-state index contributed by atoms with van der Waals surface area (Å²) in [6.45, 7) is -0.800. The van der Waals surface area contributed by atoms with E-state index in [9.17, 15) is 36.3 Å². The van der Waals surface area contributed by atoms with Gasteiger partial charge in [-0.1, -0.05) is 29.8 Å². The van der Waals surface area contributed by atoms with Gasteiger partial charge in [0.1, 0.15) is 16.5 Å². The molecule has 0 spiro atoms. The Morgan fingerprint density at radius 1 is 1.26 bits per heavy atom. The number of rotatable bonds is 7. The van der Waals surface area contributed by atoms with Crippen LogP contribution < -0.4 is 10.1 Å². The van der Waals surface area contributed by atoms with Crippen molar-refractivity contribution in [2.75, 3.05) is 11.9 Å². The minimum Gasteiger partial charge on any atom is -0.482 e. The predicted molar refractivity (Wildman–Crippen MR) is 131 cm³/mol. The molecule has 0 radical (unpaired) electrons. The highest BCUT2D eigenvalue weighted by molar-refractivity contribution is 7.86. The molecule has 2 heterocycles. The lowest BCUT2D eigenvalue weighted by molar-refractivity contribution is -0.387. The van der Waals surface area contributed by atoms with E-state index in [-0.39, 0.29) is 11.5 Å². The van der Waals surface area contributed by atoms with E-state index < -0.39 is 54.9 Å². The van der Waals surface area contributed by atoms with E-state index >= 15 is 0 Å². The van der Waals surface area contributed by atoms with Crippen molar-refractivity contribution < 1.29 is 35.8 Å². The summed E-state index contributed by atoms with van der Waals surface area (Å²) in [5.74, 6) is -1.15. The molecule has 2 N–H and O–H groups in total. The zero-order chi connectivity index (χ0) is 28.0. The Bertz CT molecular complexity index is 1690. The monoisotopic (exact) mass is 571 g/mol. The molecule has 0 saturated carbocycles. The first kappa shape index (κ1) is 27.1. The van der Waals surface area contributed by atoms with Crippen molar-refractivity contribution in [2.45, 2.75) is 18.0 Å². The second kappa shape index (κ2) is 9.74. The summed E-state index contributed by atoms with van der Waals surface area (Å²) in [6.07, 6.45) is -1.80. The zero-order valence-electron chi connectivity index (χ0n) is 19.4. The summed E-state index contributed by atoms with van der Waals surface area (Å²) in [6, 6.07) is 8.90. The lowest BCUT2D eigenvalue weighted by Gasteiger charge is -2.19. The lowest BCUT2D eigenvalue weighted by atomic mass is 10.1. The van der Waals surface area contributed by atoms with E-state index in [0.29, 0.717) is 11.3 Å². The number of anilines is 2. The molecular weight excluding hydrogens is 555 g/mol. The predicted octanol–water partition coefficient (Wildman–Crippen LogP) is 5.44. The highest BCUT2D eigenvalue weighted by Crippen LogP contribution is 2.48.